The molecule has 0 saturated carbocycles. The van der Waals surface area contributed by atoms with Crippen LogP contribution in [0.25, 0.3) is 0 Å². The molecule has 160 valence electrons. The Kier molecular flexibility index (Phi) is 10.9. The zero-order valence-corrected chi connectivity index (χ0v) is 19.9. The van der Waals surface area contributed by atoms with Gasteiger partial charge in [0.1, 0.15) is 11.3 Å². The van der Waals surface area contributed by atoms with Crippen molar-refractivity contribution in [3.05, 3.63) is 0 Å². The van der Waals surface area contributed by atoms with Crippen LogP contribution in [0.15, 0.2) is 4.99 Å². The van der Waals surface area contributed by atoms with Crippen molar-refractivity contribution in [2.24, 2.45) is 4.99 Å². The lowest BCUT2D eigenvalue weighted by Gasteiger charge is -2.34. The highest BCUT2D eigenvalue weighted by Crippen LogP contribution is 2.33. The van der Waals surface area contributed by atoms with Gasteiger partial charge in [-0.3, -0.25) is 14.3 Å². The van der Waals surface area contributed by atoms with Gasteiger partial charge in [-0.15, -0.1) is 24.0 Å². The number of carbonyl (C=O) groups excluding carboxylic acids is 1. The zero-order valence-electron chi connectivity index (χ0n) is 17.6. The summed E-state index contributed by atoms with van der Waals surface area (Å²) >= 11 is 0. The number of hydrogen-bond acceptors (Lipinski definition) is 4. The molecule has 0 aliphatic carbocycles. The Morgan fingerprint density at radius 3 is 2.48 bits per heavy atom. The first kappa shape index (κ1) is 26.2. The van der Waals surface area contributed by atoms with E-state index < -0.39 is 17.4 Å². The number of carbonyl (C=O) groups is 1. The van der Waals surface area contributed by atoms with Gasteiger partial charge in [0, 0.05) is 13.1 Å². The average molecular weight is 502 g/mol. The molecule has 1 amide bonds. The Hall–Kier alpha value is -0.840. The predicted octanol–water partition coefficient (Wildman–Crippen LogP) is 3.28. The maximum atomic E-state index is 12.7. The molecule has 1 fully saturated rings. The molecule has 1 aliphatic heterocycles. The molecule has 0 aromatic rings. The van der Waals surface area contributed by atoms with Gasteiger partial charge in [0.25, 0.3) is 0 Å². The number of aliphatic imine (C=N–C) groups is 1. The Balaban J connectivity index is 0.00000676. The number of nitrogens with one attached hydrogen (secondary N) is 2. The highest BCUT2D eigenvalue weighted by atomic mass is 127. The van der Waals surface area contributed by atoms with Gasteiger partial charge in [0.15, 0.2) is 5.96 Å². The molecule has 0 radical (unpaired) electrons. The van der Waals surface area contributed by atoms with E-state index >= 15 is 0 Å². The second kappa shape index (κ2) is 11.2. The Morgan fingerprint density at radius 1 is 1.33 bits per heavy atom. The van der Waals surface area contributed by atoms with Crippen molar-refractivity contribution in [3.63, 3.8) is 0 Å². The third kappa shape index (κ3) is 8.37. The van der Waals surface area contributed by atoms with Crippen LogP contribution in [0.3, 0.4) is 0 Å². The summed E-state index contributed by atoms with van der Waals surface area (Å²) in [5.41, 5.74) is -1.36. The fourth-order valence-electron chi connectivity index (χ4n) is 2.90. The van der Waals surface area contributed by atoms with Crippen LogP contribution in [0.1, 0.15) is 54.9 Å². The summed E-state index contributed by atoms with van der Waals surface area (Å²) < 4.78 is 23.8. The lowest BCUT2D eigenvalue weighted by atomic mass is 10.1. The molecule has 1 rings (SSSR count). The smallest absolute Gasteiger partial charge is 0.412 e. The molecule has 0 spiro atoms. The highest BCUT2D eigenvalue weighted by Gasteiger charge is 2.49. The molecular weight excluding hydrogens is 466 g/mol. The van der Waals surface area contributed by atoms with E-state index in [2.05, 4.69) is 15.6 Å². The highest BCUT2D eigenvalue weighted by molar-refractivity contribution is 14.0. The van der Waals surface area contributed by atoms with Crippen molar-refractivity contribution < 1.29 is 18.7 Å². The van der Waals surface area contributed by atoms with Crippen molar-refractivity contribution in [2.45, 2.75) is 78.4 Å². The molecule has 1 aliphatic rings. The van der Waals surface area contributed by atoms with E-state index in [9.17, 15) is 9.18 Å². The summed E-state index contributed by atoms with van der Waals surface area (Å²) in [4.78, 5) is 18.9. The molecule has 0 aromatic heterocycles. The monoisotopic (exact) mass is 502 g/mol. The molecule has 2 atom stereocenters. The summed E-state index contributed by atoms with van der Waals surface area (Å²) in [5.74, 6) is 0.599. The van der Waals surface area contributed by atoms with Crippen molar-refractivity contribution >= 4 is 36.0 Å². The van der Waals surface area contributed by atoms with E-state index in [-0.39, 0.29) is 42.8 Å². The minimum Gasteiger partial charge on any atom is -0.444 e. The zero-order chi connectivity index (χ0) is 20.0. The predicted molar refractivity (Wildman–Crippen MR) is 116 cm³/mol. The van der Waals surface area contributed by atoms with Gasteiger partial charge in [0.2, 0.25) is 0 Å². The summed E-state index contributed by atoms with van der Waals surface area (Å²) in [7, 11) is 0. The number of halogens is 2. The third-order valence-electron chi connectivity index (χ3n) is 3.90. The topological polar surface area (TPSA) is 75.2 Å². The maximum absolute atomic E-state index is 12.7. The number of alkyl halides is 1. The van der Waals surface area contributed by atoms with Gasteiger partial charge in [-0.2, -0.15) is 0 Å². The molecule has 1 heterocycles. The average Bonchev–Trinajstić information content (AvgIpc) is 2.71. The summed E-state index contributed by atoms with van der Waals surface area (Å²) in [6.45, 7) is 14.3. The van der Waals surface area contributed by atoms with Crippen molar-refractivity contribution in [1.29, 1.82) is 0 Å². The largest absolute Gasteiger partial charge is 0.444 e. The Labute approximate surface area is 179 Å². The molecule has 2 unspecified atom stereocenters. The van der Waals surface area contributed by atoms with Crippen molar-refractivity contribution in [2.75, 3.05) is 26.3 Å². The van der Waals surface area contributed by atoms with Gasteiger partial charge in [-0.25, -0.2) is 4.79 Å². The minimum atomic E-state index is -0.776. The van der Waals surface area contributed by atoms with Gasteiger partial charge in [-0.05, 0) is 54.9 Å². The Morgan fingerprint density at radius 2 is 1.96 bits per heavy atom. The van der Waals surface area contributed by atoms with E-state index in [1.807, 2.05) is 48.5 Å². The third-order valence-corrected chi connectivity index (χ3v) is 3.90. The van der Waals surface area contributed by atoms with Crippen LogP contribution in [0, 0.1) is 0 Å². The van der Waals surface area contributed by atoms with E-state index in [1.165, 1.54) is 0 Å². The van der Waals surface area contributed by atoms with Crippen LogP contribution in [-0.4, -0.2) is 66.7 Å². The van der Waals surface area contributed by atoms with Gasteiger partial charge >= 0.3 is 6.09 Å². The molecule has 0 bridgehead atoms. The molecule has 2 N–H and O–H groups in total. The van der Waals surface area contributed by atoms with E-state index in [0.717, 1.165) is 0 Å². The second-order valence-corrected chi connectivity index (χ2v) is 7.88. The summed E-state index contributed by atoms with van der Waals surface area (Å²) in [6.07, 6.45) is -0.179. The SMILES string of the molecule is CCNC(=NCC1C(C)OC(C)(C)N1C(=O)OC(C)(C)C)NCCCF.I. The first-order chi connectivity index (χ1) is 12.0. The normalized spacial score (nSPS) is 22.2. The number of guanidine groups is 1. The van der Waals surface area contributed by atoms with Crippen LogP contribution in [-0.2, 0) is 9.47 Å². The lowest BCUT2D eigenvalue weighted by molar-refractivity contribution is -0.0755. The number of hydrogen-bond donors (Lipinski definition) is 2. The standard InChI is InChI=1S/C18H35FN4O3.HI/c1-8-20-15(21-11-9-10-19)22-12-14-13(2)25-18(6,7)23(14)16(24)26-17(3,4)5;/h13-14H,8-12H2,1-7H3,(H2,20,21,22);1H. The van der Waals surface area contributed by atoms with Gasteiger partial charge in [0.05, 0.1) is 25.4 Å². The summed E-state index contributed by atoms with van der Waals surface area (Å²) in [6, 6.07) is -0.253. The molecule has 27 heavy (non-hydrogen) atoms. The minimum absolute atomic E-state index is 0. The van der Waals surface area contributed by atoms with Crippen LogP contribution >= 0.6 is 24.0 Å². The van der Waals surface area contributed by atoms with Crippen LogP contribution < -0.4 is 10.6 Å². The maximum Gasteiger partial charge on any atom is 0.412 e. The molecule has 7 nitrogen and oxygen atoms in total. The second-order valence-electron chi connectivity index (χ2n) is 7.88. The number of rotatable bonds is 6. The number of ether oxygens (including phenoxy) is 2. The fourth-order valence-corrected chi connectivity index (χ4v) is 2.90. The van der Waals surface area contributed by atoms with Crippen LogP contribution in [0.2, 0.25) is 0 Å². The van der Waals surface area contributed by atoms with E-state index in [1.54, 1.807) is 4.90 Å². The molecular formula is C18H36FIN4O3. The first-order valence-corrected chi connectivity index (χ1v) is 9.30. The van der Waals surface area contributed by atoms with Crippen LogP contribution in [0.4, 0.5) is 9.18 Å². The molecule has 9 heteroatoms. The van der Waals surface area contributed by atoms with Crippen molar-refractivity contribution in [3.8, 4) is 0 Å². The number of amides is 1. The molecule has 0 aromatic carbocycles. The van der Waals surface area contributed by atoms with Crippen LogP contribution in [0.5, 0.6) is 0 Å². The fraction of sp³-hybridized carbons (Fsp3) is 0.889. The van der Waals surface area contributed by atoms with Gasteiger partial charge < -0.3 is 20.1 Å². The first-order valence-electron chi connectivity index (χ1n) is 9.30. The van der Waals surface area contributed by atoms with Crippen molar-refractivity contribution in [1.82, 2.24) is 15.5 Å². The summed E-state index contributed by atoms with van der Waals surface area (Å²) in [5, 5.41) is 6.21. The van der Waals surface area contributed by atoms with Gasteiger partial charge in [-0.1, -0.05) is 0 Å². The number of nitrogens with zero attached hydrogens (tertiary/aromatic N) is 2. The van der Waals surface area contributed by atoms with E-state index in [0.29, 0.717) is 32.0 Å². The molecule has 1 saturated heterocycles. The Bertz CT molecular complexity index is 497. The quantitative estimate of drug-likeness (QED) is 0.253. The van der Waals surface area contributed by atoms with E-state index in [4.69, 9.17) is 9.47 Å². The lowest BCUT2D eigenvalue weighted by Crippen LogP contribution is -2.51.